The van der Waals surface area contributed by atoms with Crippen molar-refractivity contribution < 1.29 is 14.3 Å². The van der Waals surface area contributed by atoms with Gasteiger partial charge in [0.1, 0.15) is 5.76 Å². The molecule has 0 spiro atoms. The lowest BCUT2D eigenvalue weighted by Crippen LogP contribution is -2.16. The van der Waals surface area contributed by atoms with Crippen LogP contribution in [-0.4, -0.2) is 19.5 Å². The zero-order valence-corrected chi connectivity index (χ0v) is 9.45. The summed E-state index contributed by atoms with van der Waals surface area (Å²) >= 11 is 0. The zero-order valence-electron chi connectivity index (χ0n) is 9.45. The van der Waals surface area contributed by atoms with Crippen molar-refractivity contribution in [1.82, 2.24) is 0 Å². The van der Waals surface area contributed by atoms with Crippen LogP contribution in [0.5, 0.6) is 0 Å². The maximum Gasteiger partial charge on any atom is 0.231 e. The van der Waals surface area contributed by atoms with Crippen LogP contribution in [0.2, 0.25) is 0 Å². The molecule has 84 valence electrons. The molecule has 0 aliphatic carbocycles. The summed E-state index contributed by atoms with van der Waals surface area (Å²) < 4.78 is 10.6. The van der Waals surface area contributed by atoms with Gasteiger partial charge in [-0.05, 0) is 12.5 Å². The Hall–Kier alpha value is -1.77. The summed E-state index contributed by atoms with van der Waals surface area (Å²) in [6.45, 7) is 2.33. The van der Waals surface area contributed by atoms with Crippen LogP contribution in [0.4, 0.5) is 0 Å². The third-order valence-corrected chi connectivity index (χ3v) is 2.68. The monoisotopic (exact) mass is 218 g/mol. The number of carbonyl (C=O) groups is 1. The van der Waals surface area contributed by atoms with Gasteiger partial charge in [-0.15, -0.1) is 0 Å². The highest BCUT2D eigenvalue weighted by Crippen LogP contribution is 2.21. The van der Waals surface area contributed by atoms with Gasteiger partial charge in [0.05, 0.1) is 13.7 Å². The maximum absolute atomic E-state index is 12.2. The second-order valence-electron chi connectivity index (χ2n) is 3.67. The molecule has 1 aromatic carbocycles. The molecule has 0 unspecified atom stereocenters. The Labute approximate surface area is 94.7 Å². The van der Waals surface area contributed by atoms with Gasteiger partial charge in [0.2, 0.25) is 11.5 Å². The van der Waals surface area contributed by atoms with Crippen LogP contribution in [0.15, 0.2) is 35.8 Å². The van der Waals surface area contributed by atoms with Crippen molar-refractivity contribution in [2.75, 3.05) is 13.7 Å². The van der Waals surface area contributed by atoms with Crippen molar-refractivity contribution >= 4 is 5.78 Å². The molecule has 1 aliphatic rings. The van der Waals surface area contributed by atoms with Crippen molar-refractivity contribution in [2.45, 2.75) is 13.3 Å². The summed E-state index contributed by atoms with van der Waals surface area (Å²) in [6.07, 6.45) is 0.746. The maximum atomic E-state index is 12.2. The molecule has 1 aliphatic heterocycles. The van der Waals surface area contributed by atoms with Crippen molar-refractivity contribution in [1.29, 1.82) is 0 Å². The average molecular weight is 218 g/mol. The summed E-state index contributed by atoms with van der Waals surface area (Å²) in [6, 6.07) is 7.57. The Morgan fingerprint density at radius 1 is 1.31 bits per heavy atom. The van der Waals surface area contributed by atoms with E-state index in [1.54, 1.807) is 6.92 Å². The van der Waals surface area contributed by atoms with Gasteiger partial charge >= 0.3 is 0 Å². The quantitative estimate of drug-likeness (QED) is 0.725. The minimum atomic E-state index is -0.102. The number of rotatable bonds is 1. The van der Waals surface area contributed by atoms with Crippen LogP contribution >= 0.6 is 0 Å². The largest absolute Gasteiger partial charge is 0.494 e. The Bertz CT molecular complexity index is 446. The van der Waals surface area contributed by atoms with E-state index < -0.39 is 0 Å². The lowest BCUT2D eigenvalue weighted by molar-refractivity contribution is 0.0907. The number of ketones is 1. The minimum absolute atomic E-state index is 0.102. The fraction of sp³-hybridized carbons (Fsp3) is 0.308. The van der Waals surface area contributed by atoms with Crippen molar-refractivity contribution in [2.24, 2.45) is 0 Å². The van der Waals surface area contributed by atoms with Crippen LogP contribution in [-0.2, 0) is 15.9 Å². The first-order valence-electron chi connectivity index (χ1n) is 5.24. The fourth-order valence-corrected chi connectivity index (χ4v) is 1.86. The van der Waals surface area contributed by atoms with E-state index in [9.17, 15) is 4.79 Å². The lowest BCUT2D eigenvalue weighted by atomic mass is 9.99. The highest BCUT2D eigenvalue weighted by Gasteiger charge is 2.21. The second kappa shape index (κ2) is 4.39. The van der Waals surface area contributed by atoms with Gasteiger partial charge in [0, 0.05) is 12.0 Å². The van der Waals surface area contributed by atoms with Crippen LogP contribution in [0, 0.1) is 0 Å². The van der Waals surface area contributed by atoms with Crippen LogP contribution in [0.25, 0.3) is 0 Å². The molecule has 0 bridgehead atoms. The summed E-state index contributed by atoms with van der Waals surface area (Å²) in [5, 5.41) is 0. The van der Waals surface area contributed by atoms with Gasteiger partial charge in [0.15, 0.2) is 0 Å². The van der Waals surface area contributed by atoms with E-state index in [4.69, 9.17) is 9.47 Å². The molecule has 16 heavy (non-hydrogen) atoms. The van der Waals surface area contributed by atoms with E-state index in [1.807, 2.05) is 24.3 Å². The Morgan fingerprint density at radius 3 is 2.81 bits per heavy atom. The van der Waals surface area contributed by atoms with Gasteiger partial charge in [0.25, 0.3) is 0 Å². The number of fused-ring (bicyclic) bond motifs is 1. The highest BCUT2D eigenvalue weighted by atomic mass is 16.5. The van der Waals surface area contributed by atoms with Crippen molar-refractivity contribution in [3.8, 4) is 0 Å². The molecule has 0 aromatic heterocycles. The first-order valence-corrected chi connectivity index (χ1v) is 5.24. The smallest absolute Gasteiger partial charge is 0.231 e. The van der Waals surface area contributed by atoms with Crippen molar-refractivity contribution in [3.05, 3.63) is 46.9 Å². The molecule has 3 nitrogen and oxygen atoms in total. The molecule has 1 aromatic rings. The summed E-state index contributed by atoms with van der Waals surface area (Å²) in [5.74, 6) is 0.754. The summed E-state index contributed by atoms with van der Waals surface area (Å²) in [5.41, 5.74) is 1.72. The molecular formula is C13H14O3. The Morgan fingerprint density at radius 2 is 2.06 bits per heavy atom. The topological polar surface area (TPSA) is 35.5 Å². The first-order chi connectivity index (χ1) is 7.74. The fourth-order valence-electron chi connectivity index (χ4n) is 1.86. The summed E-state index contributed by atoms with van der Waals surface area (Å²) in [7, 11) is 1.49. The van der Waals surface area contributed by atoms with E-state index in [1.165, 1.54) is 7.11 Å². The average Bonchev–Trinajstić information content (AvgIpc) is 2.29. The second-order valence-corrected chi connectivity index (χ2v) is 3.67. The Kier molecular flexibility index (Phi) is 2.95. The van der Waals surface area contributed by atoms with Crippen LogP contribution in [0.1, 0.15) is 22.8 Å². The van der Waals surface area contributed by atoms with Gasteiger partial charge in [-0.2, -0.15) is 0 Å². The lowest BCUT2D eigenvalue weighted by Gasteiger charge is -2.17. The standard InChI is InChI=1S/C13H14O3/c1-9-13(15-2)12(14)11-6-4-3-5-10(11)7-8-16-9/h3-6H,7-8H2,1-2H3/b13-9+. The molecule has 1 heterocycles. The zero-order chi connectivity index (χ0) is 11.5. The number of carbonyl (C=O) groups excluding carboxylic acids is 1. The van der Waals surface area contributed by atoms with Gasteiger partial charge < -0.3 is 9.47 Å². The predicted molar refractivity (Wildman–Crippen MR) is 60.1 cm³/mol. The number of ether oxygens (including phenoxy) is 2. The van der Waals surface area contributed by atoms with E-state index in [2.05, 4.69) is 0 Å². The number of hydrogen-bond donors (Lipinski definition) is 0. The molecule has 0 atom stereocenters. The predicted octanol–water partition coefficient (Wildman–Crippen LogP) is 2.32. The number of allylic oxidation sites excluding steroid dienone is 2. The third kappa shape index (κ3) is 1.81. The van der Waals surface area contributed by atoms with Crippen LogP contribution < -0.4 is 0 Å². The Balaban J connectivity index is 2.52. The number of Topliss-reactive ketones (excluding diaryl/α,β-unsaturated/α-hetero) is 1. The van der Waals surface area contributed by atoms with E-state index in [-0.39, 0.29) is 5.78 Å². The van der Waals surface area contributed by atoms with E-state index >= 15 is 0 Å². The van der Waals surface area contributed by atoms with Gasteiger partial charge in [-0.1, -0.05) is 24.3 Å². The molecule has 0 fully saturated rings. The SMILES string of the molecule is CO/C1=C(\C)OCCc2ccccc2C1=O. The molecule has 3 heteroatoms. The molecule has 0 amide bonds. The van der Waals surface area contributed by atoms with Crippen molar-refractivity contribution in [3.63, 3.8) is 0 Å². The summed E-state index contributed by atoms with van der Waals surface area (Å²) in [4.78, 5) is 12.2. The van der Waals surface area contributed by atoms with E-state index in [0.29, 0.717) is 23.7 Å². The first kappa shape index (κ1) is 10.7. The van der Waals surface area contributed by atoms with Gasteiger partial charge in [-0.3, -0.25) is 4.79 Å². The van der Waals surface area contributed by atoms with Gasteiger partial charge in [-0.25, -0.2) is 0 Å². The van der Waals surface area contributed by atoms with E-state index in [0.717, 1.165) is 12.0 Å². The normalized spacial score (nSPS) is 20.5. The number of hydrogen-bond acceptors (Lipinski definition) is 3. The highest BCUT2D eigenvalue weighted by molar-refractivity contribution is 6.08. The molecule has 0 N–H and O–H groups in total. The van der Waals surface area contributed by atoms with Crippen LogP contribution in [0.3, 0.4) is 0 Å². The molecule has 2 rings (SSSR count). The molecule has 0 radical (unpaired) electrons. The number of benzene rings is 1. The molecule has 0 saturated heterocycles. The third-order valence-electron chi connectivity index (χ3n) is 2.68. The minimum Gasteiger partial charge on any atom is -0.494 e. The molecular weight excluding hydrogens is 204 g/mol. The number of methoxy groups -OCH3 is 1. The molecule has 0 saturated carbocycles.